The van der Waals surface area contributed by atoms with Crippen molar-refractivity contribution in [3.05, 3.63) is 47.6 Å². The monoisotopic (exact) mass is 265 g/mol. The minimum absolute atomic E-state index is 0.120. The molecular weight excluding hydrogens is 250 g/mol. The lowest BCUT2D eigenvalue weighted by atomic mass is 9.77. The molecule has 20 heavy (non-hydrogen) atoms. The third-order valence-corrected chi connectivity index (χ3v) is 3.63. The van der Waals surface area contributed by atoms with E-state index in [2.05, 4.69) is 16.3 Å². The van der Waals surface area contributed by atoms with E-state index in [1.165, 1.54) is 5.57 Å². The molecule has 1 aliphatic carbocycles. The molecule has 3 rings (SSSR count). The van der Waals surface area contributed by atoms with Gasteiger partial charge in [-0.2, -0.15) is 5.26 Å². The van der Waals surface area contributed by atoms with Crippen LogP contribution in [0.5, 0.6) is 0 Å². The molecule has 1 aromatic heterocycles. The predicted octanol–water partition coefficient (Wildman–Crippen LogP) is 2.13. The van der Waals surface area contributed by atoms with Crippen LogP contribution in [0.15, 0.2) is 36.2 Å². The van der Waals surface area contributed by atoms with Crippen LogP contribution in [-0.4, -0.2) is 14.8 Å². The number of benzene rings is 1. The number of rotatable bonds is 2. The second-order valence-electron chi connectivity index (χ2n) is 5.10. The average Bonchev–Trinajstić information content (AvgIpc) is 2.79. The maximum atomic E-state index is 8.96. The standard InChI is InChI=1S/C15H15N5/c1-20-9-18-19-15(20)14(12-5-10(6-12)8-16)11-3-2-4-13(17)7-11/h2-4,7,9-10H,5-6,17H2,1H3. The van der Waals surface area contributed by atoms with Crippen LogP contribution < -0.4 is 5.73 Å². The van der Waals surface area contributed by atoms with E-state index in [-0.39, 0.29) is 5.92 Å². The van der Waals surface area contributed by atoms with Crippen LogP contribution in [0.1, 0.15) is 24.2 Å². The fraction of sp³-hybridized carbons (Fsp3) is 0.267. The first-order valence-corrected chi connectivity index (χ1v) is 6.51. The van der Waals surface area contributed by atoms with Gasteiger partial charge in [0.1, 0.15) is 6.33 Å². The highest BCUT2D eigenvalue weighted by Gasteiger charge is 2.28. The van der Waals surface area contributed by atoms with E-state index >= 15 is 0 Å². The molecule has 5 heteroatoms. The molecule has 0 bridgehead atoms. The lowest BCUT2D eigenvalue weighted by molar-refractivity contribution is 0.528. The van der Waals surface area contributed by atoms with Crippen molar-refractivity contribution in [1.82, 2.24) is 14.8 Å². The zero-order valence-electron chi connectivity index (χ0n) is 11.2. The summed E-state index contributed by atoms with van der Waals surface area (Å²) in [6.07, 6.45) is 3.28. The fourth-order valence-corrected chi connectivity index (χ4v) is 2.53. The number of hydrogen-bond donors (Lipinski definition) is 1. The largest absolute Gasteiger partial charge is 0.399 e. The van der Waals surface area contributed by atoms with Crippen molar-refractivity contribution in [2.45, 2.75) is 12.8 Å². The zero-order valence-corrected chi connectivity index (χ0v) is 11.2. The van der Waals surface area contributed by atoms with E-state index in [1.807, 2.05) is 35.9 Å². The van der Waals surface area contributed by atoms with Gasteiger partial charge in [-0.1, -0.05) is 17.7 Å². The van der Waals surface area contributed by atoms with Gasteiger partial charge in [0.05, 0.1) is 12.0 Å². The quantitative estimate of drug-likeness (QED) is 0.843. The van der Waals surface area contributed by atoms with Crippen LogP contribution in [0.3, 0.4) is 0 Å². The van der Waals surface area contributed by atoms with E-state index in [1.54, 1.807) is 6.33 Å². The molecule has 0 radical (unpaired) electrons. The zero-order chi connectivity index (χ0) is 14.1. The van der Waals surface area contributed by atoms with Crippen LogP contribution >= 0.6 is 0 Å². The molecular formula is C15H15N5. The van der Waals surface area contributed by atoms with E-state index in [0.717, 1.165) is 35.5 Å². The molecule has 2 aromatic rings. The maximum Gasteiger partial charge on any atom is 0.164 e. The summed E-state index contributed by atoms with van der Waals surface area (Å²) in [5.41, 5.74) is 9.95. The van der Waals surface area contributed by atoms with Crippen molar-refractivity contribution in [2.75, 3.05) is 5.73 Å². The van der Waals surface area contributed by atoms with Crippen LogP contribution in [0.2, 0.25) is 0 Å². The molecule has 0 spiro atoms. The number of anilines is 1. The number of aromatic nitrogens is 3. The van der Waals surface area contributed by atoms with Gasteiger partial charge >= 0.3 is 0 Å². The Morgan fingerprint density at radius 3 is 2.85 bits per heavy atom. The summed E-state index contributed by atoms with van der Waals surface area (Å²) in [5, 5.41) is 17.1. The Balaban J connectivity index is 2.11. The summed E-state index contributed by atoms with van der Waals surface area (Å²) in [4.78, 5) is 0. The first-order chi connectivity index (χ1) is 9.69. The minimum atomic E-state index is 0.120. The topological polar surface area (TPSA) is 80.5 Å². The summed E-state index contributed by atoms with van der Waals surface area (Å²) < 4.78 is 1.89. The first kappa shape index (κ1) is 12.4. The summed E-state index contributed by atoms with van der Waals surface area (Å²) >= 11 is 0. The second kappa shape index (κ2) is 4.82. The predicted molar refractivity (Wildman–Crippen MR) is 76.2 cm³/mol. The highest BCUT2D eigenvalue weighted by atomic mass is 15.2. The second-order valence-corrected chi connectivity index (χ2v) is 5.10. The van der Waals surface area contributed by atoms with Crippen LogP contribution in [0.4, 0.5) is 5.69 Å². The van der Waals surface area contributed by atoms with E-state index in [9.17, 15) is 0 Å². The van der Waals surface area contributed by atoms with Crippen molar-refractivity contribution >= 4 is 11.3 Å². The number of allylic oxidation sites excluding steroid dienone is 1. The summed E-state index contributed by atoms with van der Waals surface area (Å²) in [7, 11) is 1.92. The summed E-state index contributed by atoms with van der Waals surface area (Å²) in [6.45, 7) is 0. The molecule has 0 aliphatic heterocycles. The van der Waals surface area contributed by atoms with Crippen molar-refractivity contribution in [2.24, 2.45) is 13.0 Å². The Hall–Kier alpha value is -2.61. The number of nitrogens with zero attached hydrogens (tertiary/aromatic N) is 4. The Morgan fingerprint density at radius 2 is 2.25 bits per heavy atom. The smallest absolute Gasteiger partial charge is 0.164 e. The molecule has 0 saturated heterocycles. The summed E-state index contributed by atoms with van der Waals surface area (Å²) in [6, 6.07) is 10.1. The highest BCUT2D eigenvalue weighted by molar-refractivity contribution is 5.81. The number of nitrogen functional groups attached to an aromatic ring is 1. The summed E-state index contributed by atoms with van der Waals surface area (Å²) in [5.74, 6) is 0.941. The van der Waals surface area contributed by atoms with Gasteiger partial charge in [0, 0.05) is 18.3 Å². The fourth-order valence-electron chi connectivity index (χ4n) is 2.53. The Kier molecular flexibility index (Phi) is 2.99. The number of nitriles is 1. The molecule has 5 nitrogen and oxygen atoms in total. The molecule has 0 unspecified atom stereocenters. The number of nitrogens with two attached hydrogens (primary N) is 1. The van der Waals surface area contributed by atoms with E-state index < -0.39 is 0 Å². The van der Waals surface area contributed by atoms with Gasteiger partial charge in [-0.15, -0.1) is 10.2 Å². The molecule has 0 amide bonds. The van der Waals surface area contributed by atoms with Crippen LogP contribution in [0.25, 0.3) is 5.57 Å². The Labute approximate surface area is 117 Å². The molecule has 1 saturated carbocycles. The lowest BCUT2D eigenvalue weighted by Gasteiger charge is -2.26. The van der Waals surface area contributed by atoms with Crippen molar-refractivity contribution in [3.8, 4) is 6.07 Å². The van der Waals surface area contributed by atoms with Gasteiger partial charge in [-0.3, -0.25) is 0 Å². The van der Waals surface area contributed by atoms with E-state index in [4.69, 9.17) is 11.0 Å². The lowest BCUT2D eigenvalue weighted by Crippen LogP contribution is -2.16. The molecule has 1 aromatic carbocycles. The number of hydrogen-bond acceptors (Lipinski definition) is 4. The van der Waals surface area contributed by atoms with Crippen molar-refractivity contribution < 1.29 is 0 Å². The molecule has 2 N–H and O–H groups in total. The van der Waals surface area contributed by atoms with Gasteiger partial charge in [0.15, 0.2) is 5.82 Å². The van der Waals surface area contributed by atoms with Gasteiger partial charge < -0.3 is 10.3 Å². The number of aryl methyl sites for hydroxylation is 1. The molecule has 1 fully saturated rings. The van der Waals surface area contributed by atoms with Crippen LogP contribution in [-0.2, 0) is 7.05 Å². The van der Waals surface area contributed by atoms with Gasteiger partial charge in [-0.05, 0) is 30.5 Å². The third-order valence-electron chi connectivity index (χ3n) is 3.63. The molecule has 1 aliphatic rings. The first-order valence-electron chi connectivity index (χ1n) is 6.51. The third kappa shape index (κ3) is 2.05. The average molecular weight is 265 g/mol. The van der Waals surface area contributed by atoms with Crippen LogP contribution in [0, 0.1) is 17.2 Å². The van der Waals surface area contributed by atoms with E-state index in [0.29, 0.717) is 0 Å². The normalized spacial score (nSPS) is 17.4. The minimum Gasteiger partial charge on any atom is -0.399 e. The highest BCUT2D eigenvalue weighted by Crippen LogP contribution is 2.40. The molecule has 1 heterocycles. The SMILES string of the molecule is Cn1cnnc1C(=C1CC(C#N)C1)c1cccc(N)c1. The Bertz CT molecular complexity index is 712. The maximum absolute atomic E-state index is 8.96. The molecule has 100 valence electrons. The Morgan fingerprint density at radius 1 is 1.45 bits per heavy atom. The van der Waals surface area contributed by atoms with Gasteiger partial charge in [0.2, 0.25) is 0 Å². The van der Waals surface area contributed by atoms with Crippen molar-refractivity contribution in [3.63, 3.8) is 0 Å². The molecule has 0 atom stereocenters. The van der Waals surface area contributed by atoms with Gasteiger partial charge in [-0.25, -0.2) is 0 Å². The van der Waals surface area contributed by atoms with Gasteiger partial charge in [0.25, 0.3) is 0 Å². The van der Waals surface area contributed by atoms with Crippen molar-refractivity contribution in [1.29, 1.82) is 5.26 Å².